The van der Waals surface area contributed by atoms with Gasteiger partial charge in [0.1, 0.15) is 0 Å². The quantitative estimate of drug-likeness (QED) is 0.669. The van der Waals surface area contributed by atoms with E-state index in [1.165, 1.54) is 19.3 Å². The lowest BCUT2D eigenvalue weighted by atomic mass is 9.95. The first-order chi connectivity index (χ1) is 6.16. The van der Waals surface area contributed by atoms with Crippen molar-refractivity contribution >= 4 is 0 Å². The van der Waals surface area contributed by atoms with Crippen LogP contribution in [0.15, 0.2) is 0 Å². The average molecular weight is 185 g/mol. The van der Waals surface area contributed by atoms with E-state index in [-0.39, 0.29) is 0 Å². The zero-order chi connectivity index (χ0) is 9.84. The fourth-order valence-electron chi connectivity index (χ4n) is 2.60. The van der Waals surface area contributed by atoms with E-state index >= 15 is 0 Å². The maximum Gasteiger partial charge on any atom is 0.0618 e. The third kappa shape index (κ3) is 2.68. The summed E-state index contributed by atoms with van der Waals surface area (Å²) in [6, 6.07) is 2.03. The minimum Gasteiger partial charge on any atom is -0.383 e. The monoisotopic (exact) mass is 185 g/mol. The first kappa shape index (κ1) is 11.0. The molecule has 0 radical (unpaired) electrons. The normalized spacial score (nSPS) is 31.2. The molecule has 2 heteroatoms. The van der Waals surface area contributed by atoms with Crippen molar-refractivity contribution in [3.8, 4) is 0 Å². The highest BCUT2D eigenvalue weighted by molar-refractivity contribution is 4.84. The zero-order valence-corrected chi connectivity index (χ0v) is 9.42. The molecule has 0 aliphatic carbocycles. The predicted octanol–water partition coefficient (Wildman–Crippen LogP) is 2.28. The van der Waals surface area contributed by atoms with Gasteiger partial charge in [-0.3, -0.25) is 4.90 Å². The Bertz CT molecular complexity index is 145. The van der Waals surface area contributed by atoms with Gasteiger partial charge in [-0.25, -0.2) is 0 Å². The number of nitrogens with zero attached hydrogens (tertiary/aromatic N) is 1. The molecule has 1 aliphatic heterocycles. The third-order valence-electron chi connectivity index (χ3n) is 3.05. The molecule has 0 N–H and O–H groups in total. The lowest BCUT2D eigenvalue weighted by Crippen LogP contribution is -2.50. The molecule has 1 saturated heterocycles. The number of methoxy groups -OCH3 is 1. The van der Waals surface area contributed by atoms with E-state index in [1.807, 2.05) is 0 Å². The second kappa shape index (κ2) is 4.97. The van der Waals surface area contributed by atoms with Crippen LogP contribution in [0.4, 0.5) is 0 Å². The van der Waals surface area contributed by atoms with E-state index in [0.29, 0.717) is 12.1 Å². The number of hydrogen-bond acceptors (Lipinski definition) is 2. The van der Waals surface area contributed by atoms with Crippen molar-refractivity contribution in [2.24, 2.45) is 0 Å². The summed E-state index contributed by atoms with van der Waals surface area (Å²) in [5.74, 6) is 0. The van der Waals surface area contributed by atoms with Crippen LogP contribution in [0.1, 0.15) is 40.0 Å². The van der Waals surface area contributed by atoms with E-state index in [0.717, 1.165) is 12.6 Å². The van der Waals surface area contributed by atoms with E-state index in [9.17, 15) is 0 Å². The lowest BCUT2D eigenvalue weighted by molar-refractivity contribution is 0.0131. The summed E-state index contributed by atoms with van der Waals surface area (Å²) in [6.07, 6.45) is 4.01. The van der Waals surface area contributed by atoms with Crippen molar-refractivity contribution in [3.63, 3.8) is 0 Å². The van der Waals surface area contributed by atoms with Crippen molar-refractivity contribution in [1.82, 2.24) is 4.90 Å². The molecule has 0 amide bonds. The molecule has 0 aromatic heterocycles. The maximum atomic E-state index is 5.27. The van der Waals surface area contributed by atoms with Crippen molar-refractivity contribution in [3.05, 3.63) is 0 Å². The Hall–Kier alpha value is -0.0800. The summed E-state index contributed by atoms with van der Waals surface area (Å²) < 4.78 is 5.27. The van der Waals surface area contributed by atoms with Crippen LogP contribution in [0.5, 0.6) is 0 Å². The van der Waals surface area contributed by atoms with Gasteiger partial charge < -0.3 is 4.74 Å². The van der Waals surface area contributed by atoms with Gasteiger partial charge in [0, 0.05) is 25.2 Å². The maximum absolute atomic E-state index is 5.27. The van der Waals surface area contributed by atoms with Gasteiger partial charge in [0.05, 0.1) is 6.61 Å². The standard InChI is InChI=1S/C11H23NO/c1-9(2)12-10(3)6-5-7-11(12)8-13-4/h9-11H,5-8H2,1-4H3. The van der Waals surface area contributed by atoms with Crippen molar-refractivity contribution in [2.45, 2.75) is 58.2 Å². The topological polar surface area (TPSA) is 12.5 Å². The summed E-state index contributed by atoms with van der Waals surface area (Å²) in [7, 11) is 1.80. The van der Waals surface area contributed by atoms with E-state index in [4.69, 9.17) is 4.74 Å². The molecule has 1 rings (SSSR count). The molecular weight excluding hydrogens is 162 g/mol. The van der Waals surface area contributed by atoms with Crippen molar-refractivity contribution in [1.29, 1.82) is 0 Å². The van der Waals surface area contributed by atoms with Gasteiger partial charge in [-0.05, 0) is 33.6 Å². The molecule has 0 aromatic carbocycles. The molecule has 1 heterocycles. The summed E-state index contributed by atoms with van der Waals surface area (Å²) in [5, 5.41) is 0. The van der Waals surface area contributed by atoms with Crippen LogP contribution < -0.4 is 0 Å². The fraction of sp³-hybridized carbons (Fsp3) is 1.00. The Balaban J connectivity index is 2.57. The molecule has 0 spiro atoms. The van der Waals surface area contributed by atoms with Crippen LogP contribution in [-0.4, -0.2) is 36.7 Å². The molecule has 2 nitrogen and oxygen atoms in total. The highest BCUT2D eigenvalue weighted by Gasteiger charge is 2.29. The minimum atomic E-state index is 0.647. The first-order valence-corrected chi connectivity index (χ1v) is 5.43. The Labute approximate surface area is 82.3 Å². The zero-order valence-electron chi connectivity index (χ0n) is 9.42. The number of piperidine rings is 1. The average Bonchev–Trinajstić information content (AvgIpc) is 2.04. The molecule has 78 valence electrons. The van der Waals surface area contributed by atoms with Gasteiger partial charge >= 0.3 is 0 Å². The highest BCUT2D eigenvalue weighted by Crippen LogP contribution is 2.24. The summed E-state index contributed by atoms with van der Waals surface area (Å²) >= 11 is 0. The van der Waals surface area contributed by atoms with Crippen molar-refractivity contribution < 1.29 is 4.74 Å². The van der Waals surface area contributed by atoms with E-state index < -0.39 is 0 Å². The molecule has 0 saturated carbocycles. The smallest absolute Gasteiger partial charge is 0.0618 e. The fourth-order valence-corrected chi connectivity index (χ4v) is 2.60. The van der Waals surface area contributed by atoms with Crippen LogP contribution in [-0.2, 0) is 4.74 Å². The van der Waals surface area contributed by atoms with Crippen molar-refractivity contribution in [2.75, 3.05) is 13.7 Å². The molecule has 0 aromatic rings. The molecule has 13 heavy (non-hydrogen) atoms. The third-order valence-corrected chi connectivity index (χ3v) is 3.05. The molecular formula is C11H23NO. The van der Waals surface area contributed by atoms with Gasteiger partial charge in [-0.15, -0.1) is 0 Å². The summed E-state index contributed by atoms with van der Waals surface area (Å²) in [4.78, 5) is 2.60. The second-order valence-electron chi connectivity index (χ2n) is 4.43. The Morgan fingerprint density at radius 3 is 2.62 bits per heavy atom. The summed E-state index contributed by atoms with van der Waals surface area (Å²) in [6.45, 7) is 7.79. The van der Waals surface area contributed by atoms with Crippen LogP contribution in [0.2, 0.25) is 0 Å². The first-order valence-electron chi connectivity index (χ1n) is 5.43. The van der Waals surface area contributed by atoms with E-state index in [1.54, 1.807) is 7.11 Å². The Kier molecular flexibility index (Phi) is 4.20. The Morgan fingerprint density at radius 2 is 2.08 bits per heavy atom. The largest absolute Gasteiger partial charge is 0.383 e. The van der Waals surface area contributed by atoms with Crippen LogP contribution in [0.25, 0.3) is 0 Å². The lowest BCUT2D eigenvalue weighted by Gasteiger charge is -2.43. The van der Waals surface area contributed by atoms with Gasteiger partial charge in [-0.2, -0.15) is 0 Å². The molecule has 2 atom stereocenters. The Morgan fingerprint density at radius 1 is 1.38 bits per heavy atom. The second-order valence-corrected chi connectivity index (χ2v) is 4.43. The molecule has 1 aliphatic rings. The molecule has 1 fully saturated rings. The SMILES string of the molecule is COCC1CCCC(C)N1C(C)C. The highest BCUT2D eigenvalue weighted by atomic mass is 16.5. The summed E-state index contributed by atoms with van der Waals surface area (Å²) in [5.41, 5.74) is 0. The van der Waals surface area contributed by atoms with Gasteiger partial charge in [0.25, 0.3) is 0 Å². The van der Waals surface area contributed by atoms with Crippen LogP contribution >= 0.6 is 0 Å². The van der Waals surface area contributed by atoms with Gasteiger partial charge in [0.15, 0.2) is 0 Å². The molecule has 2 unspecified atom stereocenters. The number of likely N-dealkylation sites (tertiary alicyclic amines) is 1. The number of rotatable bonds is 3. The van der Waals surface area contributed by atoms with Crippen LogP contribution in [0.3, 0.4) is 0 Å². The molecule has 0 bridgehead atoms. The van der Waals surface area contributed by atoms with Crippen LogP contribution in [0, 0.1) is 0 Å². The predicted molar refractivity (Wildman–Crippen MR) is 56.0 cm³/mol. The number of ether oxygens (including phenoxy) is 1. The van der Waals surface area contributed by atoms with Gasteiger partial charge in [-0.1, -0.05) is 6.42 Å². The minimum absolute atomic E-state index is 0.647. The van der Waals surface area contributed by atoms with E-state index in [2.05, 4.69) is 25.7 Å². The number of hydrogen-bond donors (Lipinski definition) is 0. The van der Waals surface area contributed by atoms with Gasteiger partial charge in [0.2, 0.25) is 0 Å².